The smallest absolute Gasteiger partial charge is 0.227 e. The number of aromatic nitrogens is 4. The predicted octanol–water partition coefficient (Wildman–Crippen LogP) is 3.67. The summed E-state index contributed by atoms with van der Waals surface area (Å²) in [7, 11) is 0. The average Bonchev–Trinajstić information content (AvgIpc) is 3.09. The normalized spacial score (nSPS) is 20.1. The number of rotatable bonds is 5. The molecule has 0 spiro atoms. The third kappa shape index (κ3) is 3.88. The molecule has 1 saturated carbocycles. The standard InChI is InChI=1S/C20H25N6O/c1-13(2)26-12-21-17-18(22-14-6-4-3-5-7-14)24-20(25-19(17)26)23-15-8-10-16(27)11-9-15/h3-4,6-7,12-13,15-16,27H,8-11H2,1-2H3,(H2,22,23,24,25). The molecule has 2 heterocycles. The predicted molar refractivity (Wildman–Crippen MR) is 106 cm³/mol. The van der Waals surface area contributed by atoms with Crippen LogP contribution in [0.3, 0.4) is 0 Å². The van der Waals surface area contributed by atoms with Crippen molar-refractivity contribution in [3.63, 3.8) is 0 Å². The van der Waals surface area contributed by atoms with Gasteiger partial charge in [0.2, 0.25) is 5.95 Å². The Kier molecular flexibility index (Phi) is 4.94. The third-order valence-electron chi connectivity index (χ3n) is 4.98. The van der Waals surface area contributed by atoms with Crippen LogP contribution in [0, 0.1) is 6.07 Å². The Morgan fingerprint density at radius 1 is 1.22 bits per heavy atom. The molecule has 2 aromatic heterocycles. The summed E-state index contributed by atoms with van der Waals surface area (Å²) in [6.45, 7) is 4.22. The molecular formula is C20H25N6O. The van der Waals surface area contributed by atoms with Crippen LogP contribution < -0.4 is 10.6 Å². The van der Waals surface area contributed by atoms with E-state index in [9.17, 15) is 5.11 Å². The summed E-state index contributed by atoms with van der Waals surface area (Å²) >= 11 is 0. The van der Waals surface area contributed by atoms with Crippen molar-refractivity contribution in [1.29, 1.82) is 0 Å². The molecule has 0 saturated heterocycles. The van der Waals surface area contributed by atoms with Gasteiger partial charge in [-0.05, 0) is 57.7 Å². The minimum atomic E-state index is -0.180. The van der Waals surface area contributed by atoms with Crippen LogP contribution in [0.1, 0.15) is 45.6 Å². The Bertz CT molecular complexity index is 899. The van der Waals surface area contributed by atoms with Crippen molar-refractivity contribution in [2.75, 3.05) is 10.6 Å². The summed E-state index contributed by atoms with van der Waals surface area (Å²) in [6.07, 6.45) is 5.10. The fourth-order valence-electron chi connectivity index (χ4n) is 3.46. The number of hydrogen-bond donors (Lipinski definition) is 3. The number of benzene rings is 1. The zero-order valence-electron chi connectivity index (χ0n) is 15.7. The minimum Gasteiger partial charge on any atom is -0.393 e. The highest BCUT2D eigenvalue weighted by Gasteiger charge is 2.21. The number of nitrogens with one attached hydrogen (secondary N) is 2. The van der Waals surface area contributed by atoms with Crippen molar-refractivity contribution in [2.45, 2.75) is 57.7 Å². The quantitative estimate of drug-likeness (QED) is 0.639. The largest absolute Gasteiger partial charge is 0.393 e. The van der Waals surface area contributed by atoms with Crippen LogP contribution in [0.4, 0.5) is 17.5 Å². The second-order valence-electron chi connectivity index (χ2n) is 7.38. The van der Waals surface area contributed by atoms with Crippen LogP contribution in [0.15, 0.2) is 30.6 Å². The molecule has 1 aliphatic rings. The lowest BCUT2D eigenvalue weighted by molar-refractivity contribution is 0.126. The second-order valence-corrected chi connectivity index (χ2v) is 7.38. The van der Waals surface area contributed by atoms with E-state index in [4.69, 9.17) is 9.97 Å². The molecule has 1 aliphatic carbocycles. The molecule has 1 radical (unpaired) electrons. The molecule has 7 heteroatoms. The Morgan fingerprint density at radius 3 is 2.74 bits per heavy atom. The van der Waals surface area contributed by atoms with Gasteiger partial charge in [0.1, 0.15) is 0 Å². The molecule has 141 valence electrons. The SMILES string of the molecule is CC(C)n1cnc2c(Nc3c[c]ccc3)nc(NC3CCC(O)CC3)nc21. The number of nitrogens with zero attached hydrogens (tertiary/aromatic N) is 4. The average molecular weight is 365 g/mol. The van der Waals surface area contributed by atoms with Crippen LogP contribution in [0.25, 0.3) is 11.2 Å². The first kappa shape index (κ1) is 17.7. The Labute approximate surface area is 158 Å². The highest BCUT2D eigenvalue weighted by molar-refractivity contribution is 5.86. The summed E-state index contributed by atoms with van der Waals surface area (Å²) in [5.41, 5.74) is 2.46. The fraction of sp³-hybridized carbons (Fsp3) is 0.450. The van der Waals surface area contributed by atoms with Gasteiger partial charge in [0, 0.05) is 17.8 Å². The van der Waals surface area contributed by atoms with E-state index in [1.807, 2.05) is 30.6 Å². The molecule has 0 aliphatic heterocycles. The van der Waals surface area contributed by atoms with Crippen LogP contribution in [-0.4, -0.2) is 36.8 Å². The van der Waals surface area contributed by atoms with Crippen molar-refractivity contribution in [3.8, 4) is 0 Å². The number of fused-ring (bicyclic) bond motifs is 1. The summed E-state index contributed by atoms with van der Waals surface area (Å²) in [5.74, 6) is 1.27. The Balaban J connectivity index is 1.69. The monoisotopic (exact) mass is 365 g/mol. The molecule has 1 aromatic carbocycles. The van der Waals surface area contributed by atoms with Gasteiger partial charge in [-0.3, -0.25) is 0 Å². The van der Waals surface area contributed by atoms with Crippen LogP contribution in [-0.2, 0) is 0 Å². The maximum atomic E-state index is 9.73. The lowest BCUT2D eigenvalue weighted by atomic mass is 9.93. The van der Waals surface area contributed by atoms with Crippen molar-refractivity contribution in [2.24, 2.45) is 0 Å². The van der Waals surface area contributed by atoms with Gasteiger partial charge in [0.05, 0.1) is 12.4 Å². The van der Waals surface area contributed by atoms with E-state index in [1.54, 1.807) is 0 Å². The second kappa shape index (κ2) is 7.52. The topological polar surface area (TPSA) is 87.9 Å². The molecule has 3 N–H and O–H groups in total. The maximum absolute atomic E-state index is 9.73. The molecule has 0 bridgehead atoms. The number of hydrogen-bond acceptors (Lipinski definition) is 6. The summed E-state index contributed by atoms with van der Waals surface area (Å²) in [4.78, 5) is 14.0. The Morgan fingerprint density at radius 2 is 2.04 bits per heavy atom. The molecule has 4 rings (SSSR count). The van der Waals surface area contributed by atoms with E-state index in [0.717, 1.165) is 42.5 Å². The zero-order chi connectivity index (χ0) is 18.8. The van der Waals surface area contributed by atoms with Crippen LogP contribution in [0.5, 0.6) is 0 Å². The number of aliphatic hydroxyl groups excluding tert-OH is 1. The first-order chi connectivity index (χ1) is 13.1. The van der Waals surface area contributed by atoms with E-state index in [-0.39, 0.29) is 18.2 Å². The van der Waals surface area contributed by atoms with E-state index >= 15 is 0 Å². The van der Waals surface area contributed by atoms with Gasteiger partial charge in [0.25, 0.3) is 0 Å². The summed E-state index contributed by atoms with van der Waals surface area (Å²) < 4.78 is 2.05. The van der Waals surface area contributed by atoms with E-state index < -0.39 is 0 Å². The van der Waals surface area contributed by atoms with E-state index in [1.165, 1.54) is 0 Å². The highest BCUT2D eigenvalue weighted by atomic mass is 16.3. The molecular weight excluding hydrogens is 340 g/mol. The van der Waals surface area contributed by atoms with Gasteiger partial charge in [-0.15, -0.1) is 0 Å². The van der Waals surface area contributed by atoms with Crippen molar-refractivity contribution < 1.29 is 5.11 Å². The number of imidazole rings is 1. The lowest BCUT2D eigenvalue weighted by Gasteiger charge is -2.26. The Hall–Kier alpha value is -2.67. The molecule has 27 heavy (non-hydrogen) atoms. The highest BCUT2D eigenvalue weighted by Crippen LogP contribution is 2.27. The third-order valence-corrected chi connectivity index (χ3v) is 4.98. The van der Waals surface area contributed by atoms with Gasteiger partial charge in [-0.1, -0.05) is 12.1 Å². The first-order valence-electron chi connectivity index (χ1n) is 9.52. The molecule has 3 aromatic rings. The van der Waals surface area contributed by atoms with Gasteiger partial charge in [-0.25, -0.2) is 4.98 Å². The van der Waals surface area contributed by atoms with Gasteiger partial charge in [-0.2, -0.15) is 9.97 Å². The number of anilines is 3. The van der Waals surface area contributed by atoms with Crippen LogP contribution >= 0.6 is 0 Å². The van der Waals surface area contributed by atoms with E-state index in [2.05, 4.69) is 40.1 Å². The first-order valence-corrected chi connectivity index (χ1v) is 9.52. The zero-order valence-corrected chi connectivity index (χ0v) is 15.7. The molecule has 7 nitrogen and oxygen atoms in total. The van der Waals surface area contributed by atoms with Gasteiger partial charge < -0.3 is 20.3 Å². The molecule has 0 amide bonds. The number of aliphatic hydroxyl groups is 1. The minimum absolute atomic E-state index is 0.180. The van der Waals surface area contributed by atoms with Crippen LogP contribution in [0.2, 0.25) is 0 Å². The molecule has 0 unspecified atom stereocenters. The van der Waals surface area contributed by atoms with Crippen molar-refractivity contribution >= 4 is 28.6 Å². The van der Waals surface area contributed by atoms with Gasteiger partial charge in [0.15, 0.2) is 17.0 Å². The van der Waals surface area contributed by atoms with Crippen molar-refractivity contribution in [3.05, 3.63) is 36.7 Å². The van der Waals surface area contributed by atoms with E-state index in [0.29, 0.717) is 11.8 Å². The molecule has 1 fully saturated rings. The molecule has 0 atom stereocenters. The lowest BCUT2D eigenvalue weighted by Crippen LogP contribution is -2.29. The fourth-order valence-corrected chi connectivity index (χ4v) is 3.46. The van der Waals surface area contributed by atoms with Gasteiger partial charge >= 0.3 is 0 Å². The summed E-state index contributed by atoms with van der Waals surface area (Å²) in [5, 5.41) is 16.5. The summed E-state index contributed by atoms with van der Waals surface area (Å²) in [6, 6.07) is 11.2. The maximum Gasteiger partial charge on any atom is 0.227 e. The van der Waals surface area contributed by atoms with Crippen molar-refractivity contribution in [1.82, 2.24) is 19.5 Å².